The lowest BCUT2D eigenvalue weighted by Crippen LogP contribution is -2.02. The van der Waals surface area contributed by atoms with Gasteiger partial charge in [0.05, 0.1) is 11.3 Å². The summed E-state index contributed by atoms with van der Waals surface area (Å²) in [5.41, 5.74) is 1.55. The largest absolute Gasteiger partial charge is 0.360 e. The van der Waals surface area contributed by atoms with Crippen molar-refractivity contribution in [2.45, 2.75) is 110 Å². The molecule has 3 heteroatoms. The molecule has 0 aromatic carbocycles. The Morgan fingerprint density at radius 3 is 1.57 bits per heavy atom. The van der Waals surface area contributed by atoms with Crippen LogP contribution in [0.3, 0.4) is 0 Å². The number of aromatic amines is 1. The van der Waals surface area contributed by atoms with E-state index in [-0.39, 0.29) is 5.63 Å². The van der Waals surface area contributed by atoms with E-state index in [1.807, 2.05) is 6.92 Å². The third-order valence-electron chi connectivity index (χ3n) is 4.78. The SMILES string of the molecule is CCCCCCCCCCCCCCCCc1c(C)[nH]oc1=O. The zero-order valence-electron chi connectivity index (χ0n) is 15.4. The van der Waals surface area contributed by atoms with Crippen molar-refractivity contribution in [1.29, 1.82) is 0 Å². The summed E-state index contributed by atoms with van der Waals surface area (Å²) in [7, 11) is 0. The molecule has 0 atom stereocenters. The lowest BCUT2D eigenvalue weighted by molar-refractivity contribution is 0.386. The van der Waals surface area contributed by atoms with Crippen LogP contribution < -0.4 is 5.63 Å². The molecular weight excluding hydrogens is 286 g/mol. The highest BCUT2D eigenvalue weighted by Gasteiger charge is 2.07. The number of nitrogens with one attached hydrogen (secondary N) is 1. The van der Waals surface area contributed by atoms with Crippen LogP contribution in [0.15, 0.2) is 9.32 Å². The zero-order valence-corrected chi connectivity index (χ0v) is 15.4. The summed E-state index contributed by atoms with van der Waals surface area (Å²) in [6.45, 7) is 4.18. The highest BCUT2D eigenvalue weighted by Crippen LogP contribution is 2.13. The molecular formula is C20H37NO2. The second kappa shape index (κ2) is 13.4. The molecule has 0 unspecified atom stereocenters. The first-order valence-electron chi connectivity index (χ1n) is 9.92. The number of aryl methyl sites for hydroxylation is 1. The van der Waals surface area contributed by atoms with E-state index >= 15 is 0 Å². The van der Waals surface area contributed by atoms with Crippen molar-refractivity contribution in [3.8, 4) is 0 Å². The second-order valence-electron chi connectivity index (χ2n) is 6.94. The maximum Gasteiger partial charge on any atom is 0.360 e. The zero-order chi connectivity index (χ0) is 16.8. The quantitative estimate of drug-likeness (QED) is 0.385. The maximum absolute atomic E-state index is 11.4. The number of rotatable bonds is 15. The predicted molar refractivity (Wildman–Crippen MR) is 98.1 cm³/mol. The first-order valence-corrected chi connectivity index (χ1v) is 9.92. The number of H-pyrrole nitrogens is 1. The Morgan fingerprint density at radius 1 is 0.739 bits per heavy atom. The van der Waals surface area contributed by atoms with Crippen molar-refractivity contribution in [2.24, 2.45) is 0 Å². The van der Waals surface area contributed by atoms with Crippen LogP contribution in [-0.2, 0) is 6.42 Å². The first-order chi connectivity index (χ1) is 11.3. The van der Waals surface area contributed by atoms with Crippen LogP contribution in [0.5, 0.6) is 0 Å². The van der Waals surface area contributed by atoms with Gasteiger partial charge in [-0.1, -0.05) is 90.4 Å². The molecule has 0 saturated carbocycles. The van der Waals surface area contributed by atoms with Crippen LogP contribution in [0, 0.1) is 6.92 Å². The molecule has 134 valence electrons. The normalized spacial score (nSPS) is 11.2. The molecule has 0 saturated heterocycles. The van der Waals surface area contributed by atoms with E-state index in [9.17, 15) is 4.79 Å². The smallest absolute Gasteiger partial charge is 0.339 e. The minimum atomic E-state index is -0.183. The van der Waals surface area contributed by atoms with Gasteiger partial charge in [0.2, 0.25) is 0 Å². The fourth-order valence-electron chi connectivity index (χ4n) is 3.19. The lowest BCUT2D eigenvalue weighted by atomic mass is 10.0. The average Bonchev–Trinajstić information content (AvgIpc) is 2.86. The Kier molecular flexibility index (Phi) is 11.7. The van der Waals surface area contributed by atoms with Crippen molar-refractivity contribution in [3.63, 3.8) is 0 Å². The molecule has 0 fully saturated rings. The van der Waals surface area contributed by atoms with Gasteiger partial charge in [-0.3, -0.25) is 0 Å². The summed E-state index contributed by atoms with van der Waals surface area (Å²) < 4.78 is 4.78. The van der Waals surface area contributed by atoms with E-state index in [1.54, 1.807) is 0 Å². The van der Waals surface area contributed by atoms with Crippen LogP contribution in [0.2, 0.25) is 0 Å². The van der Waals surface area contributed by atoms with Crippen molar-refractivity contribution in [1.82, 2.24) is 5.16 Å². The lowest BCUT2D eigenvalue weighted by Gasteiger charge is -2.03. The topological polar surface area (TPSA) is 46.0 Å². The molecule has 1 aromatic heterocycles. The van der Waals surface area contributed by atoms with Gasteiger partial charge >= 0.3 is 5.63 Å². The third kappa shape index (κ3) is 9.68. The van der Waals surface area contributed by atoms with Gasteiger partial charge in [0.15, 0.2) is 0 Å². The summed E-state index contributed by atoms with van der Waals surface area (Å²) in [6, 6.07) is 0. The molecule has 0 aliphatic rings. The first kappa shape index (κ1) is 20.1. The summed E-state index contributed by atoms with van der Waals surface area (Å²) in [4.78, 5) is 11.4. The van der Waals surface area contributed by atoms with E-state index in [0.29, 0.717) is 0 Å². The van der Waals surface area contributed by atoms with Gasteiger partial charge in [0, 0.05) is 0 Å². The van der Waals surface area contributed by atoms with Gasteiger partial charge in [0.1, 0.15) is 0 Å². The van der Waals surface area contributed by atoms with E-state index in [2.05, 4.69) is 12.1 Å². The summed E-state index contributed by atoms with van der Waals surface area (Å²) in [5.74, 6) is 0. The van der Waals surface area contributed by atoms with Crippen molar-refractivity contribution in [3.05, 3.63) is 21.7 Å². The molecule has 0 amide bonds. The van der Waals surface area contributed by atoms with E-state index in [1.165, 1.54) is 83.5 Å². The Bertz CT molecular complexity index is 433. The molecule has 1 heterocycles. The molecule has 0 aliphatic heterocycles. The van der Waals surface area contributed by atoms with Gasteiger partial charge in [-0.25, -0.2) is 9.95 Å². The molecule has 1 N–H and O–H groups in total. The van der Waals surface area contributed by atoms with Crippen LogP contribution in [0.1, 0.15) is 108 Å². The Labute approximate surface area is 142 Å². The standard InChI is InChI=1S/C20H37NO2/c1-3-4-5-6-7-8-9-10-11-12-13-14-15-16-17-19-18(2)21-23-20(19)22/h21H,3-17H2,1-2H3. The van der Waals surface area contributed by atoms with Gasteiger partial charge in [-0.05, 0) is 19.8 Å². The summed E-state index contributed by atoms with van der Waals surface area (Å²) in [6.07, 6.45) is 19.9. The highest BCUT2D eigenvalue weighted by molar-refractivity contribution is 5.12. The monoisotopic (exact) mass is 323 g/mol. The van der Waals surface area contributed by atoms with Crippen LogP contribution in [-0.4, -0.2) is 5.16 Å². The fraction of sp³-hybridized carbons (Fsp3) is 0.850. The molecule has 0 spiro atoms. The average molecular weight is 324 g/mol. The van der Waals surface area contributed by atoms with Gasteiger partial charge in [-0.15, -0.1) is 0 Å². The fourth-order valence-corrected chi connectivity index (χ4v) is 3.19. The maximum atomic E-state index is 11.4. The van der Waals surface area contributed by atoms with Crippen molar-refractivity contribution in [2.75, 3.05) is 0 Å². The number of hydrogen-bond acceptors (Lipinski definition) is 2. The molecule has 1 aromatic rings. The van der Waals surface area contributed by atoms with Gasteiger partial charge < -0.3 is 4.52 Å². The van der Waals surface area contributed by atoms with Crippen LogP contribution in [0.25, 0.3) is 0 Å². The van der Waals surface area contributed by atoms with Gasteiger partial charge in [0.25, 0.3) is 0 Å². The number of aromatic nitrogens is 1. The minimum Gasteiger partial charge on any atom is -0.339 e. The Hall–Kier alpha value is -0.990. The highest BCUT2D eigenvalue weighted by atomic mass is 16.5. The Morgan fingerprint density at radius 2 is 1.17 bits per heavy atom. The summed E-state index contributed by atoms with van der Waals surface area (Å²) in [5, 5.41) is 2.65. The molecule has 0 bridgehead atoms. The molecule has 0 aliphatic carbocycles. The minimum absolute atomic E-state index is 0.183. The van der Waals surface area contributed by atoms with Gasteiger partial charge in [-0.2, -0.15) is 0 Å². The molecule has 3 nitrogen and oxygen atoms in total. The predicted octanol–water partition coefficient (Wildman–Crippen LogP) is 6.30. The second-order valence-corrected chi connectivity index (χ2v) is 6.94. The summed E-state index contributed by atoms with van der Waals surface area (Å²) >= 11 is 0. The van der Waals surface area contributed by atoms with Crippen molar-refractivity contribution < 1.29 is 4.52 Å². The van der Waals surface area contributed by atoms with E-state index in [0.717, 1.165) is 24.1 Å². The number of hydrogen-bond donors (Lipinski definition) is 1. The van der Waals surface area contributed by atoms with E-state index < -0.39 is 0 Å². The number of unbranched alkanes of at least 4 members (excludes halogenated alkanes) is 13. The van der Waals surface area contributed by atoms with Crippen molar-refractivity contribution >= 4 is 0 Å². The molecule has 23 heavy (non-hydrogen) atoms. The molecule has 1 rings (SSSR count). The Balaban J connectivity index is 1.81. The molecule has 0 radical (unpaired) electrons. The van der Waals surface area contributed by atoms with Crippen LogP contribution in [0.4, 0.5) is 0 Å². The third-order valence-corrected chi connectivity index (χ3v) is 4.78. The van der Waals surface area contributed by atoms with E-state index in [4.69, 9.17) is 4.52 Å². The van der Waals surface area contributed by atoms with Crippen LogP contribution >= 0.6 is 0 Å².